The molecule has 3 amide bonds. The molecule has 0 bridgehead atoms. The molecule has 16 heteroatoms. The number of nitrogens with one attached hydrogen (secondary N) is 2. The van der Waals surface area contributed by atoms with E-state index < -0.39 is 57.8 Å². The minimum absolute atomic E-state index is 0.0455. The van der Waals surface area contributed by atoms with Crippen LogP contribution < -0.4 is 15.2 Å². The van der Waals surface area contributed by atoms with Gasteiger partial charge in [-0.15, -0.1) is 0 Å². The number of alkyl halides is 3. The monoisotopic (exact) mass is 603 g/mol. The molecule has 1 fully saturated rings. The van der Waals surface area contributed by atoms with Gasteiger partial charge in [-0.3, -0.25) is 24.7 Å². The van der Waals surface area contributed by atoms with Gasteiger partial charge in [-0.25, -0.2) is 9.18 Å². The summed E-state index contributed by atoms with van der Waals surface area (Å²) in [5, 5.41) is 0. The van der Waals surface area contributed by atoms with Crippen LogP contribution >= 0.6 is 0 Å². The van der Waals surface area contributed by atoms with Crippen molar-refractivity contribution in [3.8, 4) is 0 Å². The molecule has 3 rings (SSSR count). The highest BCUT2D eigenvalue weighted by Crippen LogP contribution is 2.26. The summed E-state index contributed by atoms with van der Waals surface area (Å²) < 4.78 is 86.9. The maximum Gasteiger partial charge on any atom is 0.472 e. The molecule has 0 atom stereocenters. The Kier molecular flexibility index (Phi) is 9.48. The Labute approximate surface area is 234 Å². The van der Waals surface area contributed by atoms with E-state index in [1.54, 1.807) is 39.0 Å². The number of amides is 3. The molecule has 1 aliphatic rings. The van der Waals surface area contributed by atoms with Gasteiger partial charge in [0.25, 0.3) is 5.91 Å². The Morgan fingerprint density at radius 3 is 2.10 bits per heavy atom. The largest absolute Gasteiger partial charge is 0.472 e. The van der Waals surface area contributed by atoms with E-state index >= 15 is 4.39 Å². The highest BCUT2D eigenvalue weighted by atomic mass is 32.2. The topological polar surface area (TPSA) is 128 Å². The number of hydrogen-bond acceptors (Lipinski definition) is 6. The molecule has 2 aromatic carbocycles. The molecular formula is C25H29F4N5O6S. The molecule has 0 unspecified atom stereocenters. The molecule has 0 aliphatic carbocycles. The number of halogens is 4. The molecule has 1 aliphatic heterocycles. The average Bonchev–Trinajstić information content (AvgIpc) is 2.89. The fourth-order valence-electron chi connectivity index (χ4n) is 3.70. The van der Waals surface area contributed by atoms with Crippen LogP contribution in [0.5, 0.6) is 0 Å². The SMILES string of the molecule is CC(C)(C)OC(=O)N1CCN(S(=O)(=O)N(Cc2ccc(C(=O)NNC(=O)C(F)(F)F)cc2F)c2ccccc2)CC1. The molecule has 2 N–H and O–H groups in total. The number of anilines is 1. The smallest absolute Gasteiger partial charge is 0.444 e. The molecule has 0 radical (unpaired) electrons. The van der Waals surface area contributed by atoms with E-state index in [9.17, 15) is 36.0 Å². The third kappa shape index (κ3) is 8.29. The molecule has 41 heavy (non-hydrogen) atoms. The first-order chi connectivity index (χ1) is 19.0. The Hall–Kier alpha value is -3.92. The van der Waals surface area contributed by atoms with Gasteiger partial charge in [-0.05, 0) is 45.0 Å². The zero-order chi connectivity index (χ0) is 30.6. The van der Waals surface area contributed by atoms with Crippen molar-refractivity contribution in [1.29, 1.82) is 0 Å². The number of carbonyl (C=O) groups is 3. The molecule has 224 valence electrons. The second kappa shape index (κ2) is 12.3. The third-order valence-corrected chi connectivity index (χ3v) is 7.63. The van der Waals surface area contributed by atoms with E-state index in [1.165, 1.54) is 27.9 Å². The molecule has 11 nitrogen and oxygen atoms in total. The molecule has 2 aromatic rings. The van der Waals surface area contributed by atoms with Gasteiger partial charge in [0.1, 0.15) is 11.4 Å². The number of rotatable bonds is 6. The van der Waals surface area contributed by atoms with Crippen LogP contribution in [-0.2, 0) is 26.3 Å². The number of nitrogens with zero attached hydrogens (tertiary/aromatic N) is 3. The summed E-state index contributed by atoms with van der Waals surface area (Å²) in [5.74, 6) is -4.65. The van der Waals surface area contributed by atoms with Gasteiger partial charge < -0.3 is 9.64 Å². The summed E-state index contributed by atoms with van der Waals surface area (Å²) in [6.45, 7) is 4.71. The van der Waals surface area contributed by atoms with E-state index in [0.29, 0.717) is 6.07 Å². The lowest BCUT2D eigenvalue weighted by atomic mass is 10.1. The van der Waals surface area contributed by atoms with Crippen LogP contribution in [0.2, 0.25) is 0 Å². The summed E-state index contributed by atoms with van der Waals surface area (Å²) >= 11 is 0. The van der Waals surface area contributed by atoms with Crippen molar-refractivity contribution >= 4 is 33.8 Å². The summed E-state index contributed by atoms with van der Waals surface area (Å²) in [6, 6.07) is 10.8. The minimum Gasteiger partial charge on any atom is -0.444 e. The minimum atomic E-state index is -5.24. The fraction of sp³-hybridized carbons (Fsp3) is 0.400. The standard InChI is InChI=1S/C25H29F4N5O6S/c1-24(2,3)40-23(37)32-11-13-33(14-12-32)41(38,39)34(19-7-5-4-6-8-19)16-18-10-9-17(15-20(18)26)21(35)30-31-22(36)25(27,28)29/h4-10,15H,11-14,16H2,1-3H3,(H,30,35)(H,31,36). The lowest BCUT2D eigenvalue weighted by Gasteiger charge is -2.37. The van der Waals surface area contributed by atoms with Crippen molar-refractivity contribution in [2.24, 2.45) is 0 Å². The van der Waals surface area contributed by atoms with Gasteiger partial charge in [0.2, 0.25) is 0 Å². The lowest BCUT2D eigenvalue weighted by Crippen LogP contribution is -2.54. The molecular weight excluding hydrogens is 574 g/mol. The van der Waals surface area contributed by atoms with E-state index in [1.807, 2.05) is 0 Å². The summed E-state index contributed by atoms with van der Waals surface area (Å²) in [7, 11) is -4.25. The number of piperazine rings is 1. The second-order valence-electron chi connectivity index (χ2n) is 9.93. The number of hydrogen-bond donors (Lipinski definition) is 2. The van der Waals surface area contributed by atoms with Crippen LogP contribution in [0.25, 0.3) is 0 Å². The summed E-state index contributed by atoms with van der Waals surface area (Å²) in [6.07, 6.45) is -5.81. The second-order valence-corrected chi connectivity index (χ2v) is 11.8. The van der Waals surface area contributed by atoms with Crippen LogP contribution in [0.1, 0.15) is 36.7 Å². The molecule has 0 saturated carbocycles. The lowest BCUT2D eigenvalue weighted by molar-refractivity contribution is -0.174. The zero-order valence-electron chi connectivity index (χ0n) is 22.4. The van der Waals surface area contributed by atoms with Crippen molar-refractivity contribution in [3.05, 3.63) is 65.5 Å². The predicted molar refractivity (Wildman–Crippen MR) is 139 cm³/mol. The van der Waals surface area contributed by atoms with E-state index in [4.69, 9.17) is 4.74 Å². The molecule has 1 heterocycles. The van der Waals surface area contributed by atoms with Crippen molar-refractivity contribution in [2.75, 3.05) is 30.5 Å². The first-order valence-corrected chi connectivity index (χ1v) is 13.7. The Bertz CT molecular complexity index is 1380. The number of hydrazine groups is 1. The molecule has 0 spiro atoms. The quantitative estimate of drug-likeness (QED) is 0.386. The molecule has 0 aromatic heterocycles. The van der Waals surface area contributed by atoms with Crippen molar-refractivity contribution in [2.45, 2.75) is 39.1 Å². The van der Waals surface area contributed by atoms with Gasteiger partial charge in [-0.1, -0.05) is 24.3 Å². The zero-order valence-corrected chi connectivity index (χ0v) is 23.2. The number of carbonyl (C=O) groups excluding carboxylic acids is 3. The summed E-state index contributed by atoms with van der Waals surface area (Å²) in [4.78, 5) is 36.8. The summed E-state index contributed by atoms with van der Waals surface area (Å²) in [5.41, 5.74) is 1.66. The normalized spacial score (nSPS) is 14.8. The van der Waals surface area contributed by atoms with Crippen LogP contribution in [0.4, 0.5) is 28.0 Å². The van der Waals surface area contributed by atoms with Gasteiger partial charge >= 0.3 is 28.4 Å². The Morgan fingerprint density at radius 1 is 0.951 bits per heavy atom. The third-order valence-electron chi connectivity index (χ3n) is 5.72. The van der Waals surface area contributed by atoms with Gasteiger partial charge in [0.15, 0.2) is 0 Å². The highest BCUT2D eigenvalue weighted by Gasteiger charge is 2.39. The Balaban J connectivity index is 1.78. The maximum absolute atomic E-state index is 15.0. The van der Waals surface area contributed by atoms with Gasteiger partial charge in [0.05, 0.1) is 12.2 Å². The highest BCUT2D eigenvalue weighted by molar-refractivity contribution is 7.90. The van der Waals surface area contributed by atoms with E-state index in [0.717, 1.165) is 20.7 Å². The van der Waals surface area contributed by atoms with E-state index in [2.05, 4.69) is 0 Å². The number of para-hydroxylation sites is 1. The van der Waals surface area contributed by atoms with E-state index in [-0.39, 0.29) is 37.4 Å². The van der Waals surface area contributed by atoms with Gasteiger partial charge in [-0.2, -0.15) is 25.9 Å². The van der Waals surface area contributed by atoms with Crippen LogP contribution in [-0.4, -0.2) is 73.5 Å². The first kappa shape index (κ1) is 31.6. The van der Waals surface area contributed by atoms with Crippen LogP contribution in [0.3, 0.4) is 0 Å². The van der Waals surface area contributed by atoms with Crippen molar-refractivity contribution < 1.29 is 45.1 Å². The maximum atomic E-state index is 15.0. The average molecular weight is 604 g/mol. The predicted octanol–water partition coefficient (Wildman–Crippen LogP) is 2.95. The number of benzene rings is 2. The van der Waals surface area contributed by atoms with Crippen LogP contribution in [0.15, 0.2) is 48.5 Å². The van der Waals surface area contributed by atoms with Crippen LogP contribution in [0, 0.1) is 5.82 Å². The Morgan fingerprint density at radius 2 is 1.56 bits per heavy atom. The first-order valence-electron chi connectivity index (χ1n) is 12.3. The van der Waals surface area contributed by atoms with Crippen molar-refractivity contribution in [1.82, 2.24) is 20.1 Å². The van der Waals surface area contributed by atoms with Crippen molar-refractivity contribution in [3.63, 3.8) is 0 Å². The number of ether oxygens (including phenoxy) is 1. The molecule has 1 saturated heterocycles. The van der Waals surface area contributed by atoms with Gasteiger partial charge in [0, 0.05) is 37.3 Å². The fourth-order valence-corrected chi connectivity index (χ4v) is 5.29.